The topological polar surface area (TPSA) is 37.0 Å². The van der Waals surface area contributed by atoms with Crippen molar-refractivity contribution in [1.29, 1.82) is 0 Å². The van der Waals surface area contributed by atoms with Gasteiger partial charge in [0.15, 0.2) is 18.2 Å². The summed E-state index contributed by atoms with van der Waals surface area (Å²) in [6.07, 6.45) is -1.63. The van der Waals surface area contributed by atoms with E-state index in [0.29, 0.717) is 24.9 Å². The minimum Gasteiger partial charge on any atom is -0.487 e. The molecule has 0 bridgehead atoms. The minimum atomic E-state index is -4.21. The smallest absolute Gasteiger partial charge is 0.340 e. The molecule has 1 heterocycles. The molecule has 2 N–H and O–H groups in total. The molecule has 29 heavy (non-hydrogen) atoms. The van der Waals surface area contributed by atoms with Gasteiger partial charge in [0, 0.05) is 18.1 Å². The molecule has 0 aliphatic carbocycles. The van der Waals surface area contributed by atoms with Gasteiger partial charge >= 0.3 is 12.3 Å². The second kappa shape index (κ2) is 8.77. The predicted molar refractivity (Wildman–Crippen MR) is 96.5 cm³/mol. The van der Waals surface area contributed by atoms with Gasteiger partial charge in [0.1, 0.15) is 5.75 Å². The Morgan fingerprint density at radius 1 is 1.10 bits per heavy atom. The number of hydrogen-bond acceptors (Lipinski definition) is 2. The molecule has 156 valence electrons. The van der Waals surface area contributed by atoms with Crippen molar-refractivity contribution in [3.05, 3.63) is 65.4 Å². The van der Waals surface area contributed by atoms with E-state index in [1.807, 2.05) is 0 Å². The van der Waals surface area contributed by atoms with Crippen LogP contribution in [0.2, 0.25) is 0 Å². The molecular weight excluding hydrogens is 398 g/mol. The summed E-state index contributed by atoms with van der Waals surface area (Å²) in [7, 11) is 0. The first-order valence-corrected chi connectivity index (χ1v) is 8.80. The number of aromatic nitrogens is 1. The number of H-pyrrole nitrogens is 1. The Morgan fingerprint density at radius 3 is 2.66 bits per heavy atom. The Labute approximate surface area is 162 Å². The number of benzene rings is 2. The quantitative estimate of drug-likeness (QED) is 0.378. The molecule has 9 heteroatoms. The summed E-state index contributed by atoms with van der Waals surface area (Å²) in [5.41, 5.74) is 1.65. The van der Waals surface area contributed by atoms with Gasteiger partial charge in [-0.05, 0) is 48.4 Å². The Kier molecular flexibility index (Phi) is 6.36. The molecule has 2 aromatic carbocycles. The van der Waals surface area contributed by atoms with Crippen molar-refractivity contribution in [2.45, 2.75) is 25.3 Å². The Balaban J connectivity index is 1.52. The highest BCUT2D eigenvalue weighted by molar-refractivity contribution is 5.83. The van der Waals surface area contributed by atoms with Gasteiger partial charge in [0.05, 0.1) is 5.52 Å². The number of fused-ring (bicyclic) bond motifs is 1. The molecule has 0 aliphatic heterocycles. The van der Waals surface area contributed by atoms with Crippen molar-refractivity contribution in [2.24, 2.45) is 0 Å². The fraction of sp³-hybridized carbons (Fsp3) is 0.300. The highest BCUT2D eigenvalue weighted by Gasteiger charge is 2.41. The van der Waals surface area contributed by atoms with Crippen LogP contribution in [0.3, 0.4) is 0 Å². The average Bonchev–Trinajstić information content (AvgIpc) is 3.10. The van der Waals surface area contributed by atoms with Crippen molar-refractivity contribution >= 4 is 10.9 Å². The SMILES string of the molecule is Fc1ccc2c(CCNCc3cccc(OCC(F)(F)C(F)F)c3)c[nH]c2c1F. The number of alkyl halides is 4. The zero-order chi connectivity index (χ0) is 21.0. The van der Waals surface area contributed by atoms with Gasteiger partial charge in [-0.15, -0.1) is 0 Å². The lowest BCUT2D eigenvalue weighted by Crippen LogP contribution is -2.33. The monoisotopic (exact) mass is 416 g/mol. The number of rotatable bonds is 9. The summed E-state index contributed by atoms with van der Waals surface area (Å²) in [6, 6.07) is 8.78. The fourth-order valence-electron chi connectivity index (χ4n) is 2.85. The van der Waals surface area contributed by atoms with Crippen molar-refractivity contribution in [3.63, 3.8) is 0 Å². The number of nitrogens with one attached hydrogen (secondary N) is 2. The van der Waals surface area contributed by atoms with Crippen LogP contribution in [-0.2, 0) is 13.0 Å². The zero-order valence-corrected chi connectivity index (χ0v) is 15.1. The Hall–Kier alpha value is -2.68. The molecule has 0 saturated carbocycles. The van der Waals surface area contributed by atoms with Gasteiger partial charge in [-0.3, -0.25) is 0 Å². The van der Waals surface area contributed by atoms with Crippen molar-refractivity contribution < 1.29 is 31.1 Å². The standard InChI is InChI=1S/C20H18F6N2O/c21-16-5-4-15-13(10-28-18(15)17(16)22)6-7-27-9-12-2-1-3-14(8-12)29-11-20(25,26)19(23)24/h1-5,8,10,19,27-28H,6-7,9,11H2. The van der Waals surface area contributed by atoms with Crippen LogP contribution in [-0.4, -0.2) is 30.5 Å². The van der Waals surface area contributed by atoms with Crippen LogP contribution in [0.15, 0.2) is 42.6 Å². The molecular formula is C20H18F6N2O. The molecule has 3 aromatic rings. The molecule has 0 spiro atoms. The van der Waals surface area contributed by atoms with E-state index in [4.69, 9.17) is 4.74 Å². The molecule has 0 amide bonds. The summed E-state index contributed by atoms with van der Waals surface area (Å²) in [5, 5.41) is 3.74. The van der Waals surface area contributed by atoms with E-state index in [1.165, 1.54) is 18.2 Å². The van der Waals surface area contributed by atoms with Gasteiger partial charge in [-0.25, -0.2) is 17.6 Å². The van der Waals surface area contributed by atoms with Gasteiger partial charge in [-0.2, -0.15) is 8.78 Å². The fourth-order valence-corrected chi connectivity index (χ4v) is 2.85. The van der Waals surface area contributed by atoms with E-state index in [0.717, 1.165) is 17.2 Å². The van der Waals surface area contributed by atoms with Crippen LogP contribution >= 0.6 is 0 Å². The number of hydrogen-bond donors (Lipinski definition) is 2. The van der Waals surface area contributed by atoms with Crippen LogP contribution in [0.25, 0.3) is 10.9 Å². The summed E-state index contributed by atoms with van der Waals surface area (Å²) < 4.78 is 82.0. The third-order valence-electron chi connectivity index (χ3n) is 4.38. The molecule has 0 atom stereocenters. The minimum absolute atomic E-state index is 0.0683. The normalized spacial score (nSPS) is 12.1. The van der Waals surface area contributed by atoms with Gasteiger partial charge < -0.3 is 15.0 Å². The van der Waals surface area contributed by atoms with Gasteiger partial charge in [0.2, 0.25) is 0 Å². The van der Waals surface area contributed by atoms with E-state index >= 15 is 0 Å². The second-order valence-corrected chi connectivity index (χ2v) is 6.52. The van der Waals surface area contributed by atoms with E-state index < -0.39 is 30.6 Å². The van der Waals surface area contributed by atoms with Crippen LogP contribution in [0.5, 0.6) is 5.75 Å². The first-order valence-electron chi connectivity index (χ1n) is 8.80. The molecule has 0 radical (unpaired) electrons. The predicted octanol–water partition coefficient (Wildman–Crippen LogP) is 5.06. The second-order valence-electron chi connectivity index (χ2n) is 6.52. The summed E-state index contributed by atoms with van der Waals surface area (Å²) in [4.78, 5) is 2.72. The van der Waals surface area contributed by atoms with Gasteiger partial charge in [0.25, 0.3) is 0 Å². The maximum atomic E-state index is 13.7. The Bertz CT molecular complexity index is 973. The summed E-state index contributed by atoms with van der Waals surface area (Å²) >= 11 is 0. The third kappa shape index (κ3) is 5.03. The third-order valence-corrected chi connectivity index (χ3v) is 4.38. The molecule has 1 aromatic heterocycles. The molecule has 3 rings (SSSR count). The van der Waals surface area contributed by atoms with Crippen LogP contribution in [0, 0.1) is 11.6 Å². The van der Waals surface area contributed by atoms with E-state index in [1.54, 1.807) is 18.3 Å². The maximum Gasteiger partial charge on any atom is 0.340 e. The lowest BCUT2D eigenvalue weighted by molar-refractivity contribution is -0.148. The van der Waals surface area contributed by atoms with Gasteiger partial charge in [-0.1, -0.05) is 12.1 Å². The number of halogens is 6. The molecule has 0 saturated heterocycles. The van der Waals surface area contributed by atoms with E-state index in [-0.39, 0.29) is 11.3 Å². The first-order chi connectivity index (χ1) is 13.8. The number of ether oxygens (including phenoxy) is 1. The number of aromatic amines is 1. The highest BCUT2D eigenvalue weighted by Crippen LogP contribution is 2.25. The lowest BCUT2D eigenvalue weighted by atomic mass is 10.1. The molecule has 0 aliphatic rings. The van der Waals surface area contributed by atoms with Crippen molar-refractivity contribution in [1.82, 2.24) is 10.3 Å². The Morgan fingerprint density at radius 2 is 1.90 bits per heavy atom. The first kappa shape index (κ1) is 21.0. The van der Waals surface area contributed by atoms with E-state index in [9.17, 15) is 26.3 Å². The average molecular weight is 416 g/mol. The largest absolute Gasteiger partial charge is 0.487 e. The summed E-state index contributed by atoms with van der Waals surface area (Å²) in [5.74, 6) is -5.98. The van der Waals surface area contributed by atoms with E-state index in [2.05, 4.69) is 10.3 Å². The molecule has 0 unspecified atom stereocenters. The maximum absolute atomic E-state index is 13.7. The zero-order valence-electron chi connectivity index (χ0n) is 15.1. The lowest BCUT2D eigenvalue weighted by Gasteiger charge is -2.16. The van der Waals surface area contributed by atoms with Crippen LogP contribution < -0.4 is 10.1 Å². The highest BCUT2D eigenvalue weighted by atomic mass is 19.3. The van der Waals surface area contributed by atoms with Crippen molar-refractivity contribution in [2.75, 3.05) is 13.2 Å². The van der Waals surface area contributed by atoms with Crippen LogP contribution in [0.1, 0.15) is 11.1 Å². The van der Waals surface area contributed by atoms with Crippen LogP contribution in [0.4, 0.5) is 26.3 Å². The summed E-state index contributed by atoms with van der Waals surface area (Å²) in [6.45, 7) is -0.506. The molecule has 3 nitrogen and oxygen atoms in total. The van der Waals surface area contributed by atoms with Crippen molar-refractivity contribution in [3.8, 4) is 5.75 Å². The molecule has 0 fully saturated rings.